The van der Waals surface area contributed by atoms with Crippen LogP contribution in [0.2, 0.25) is 0 Å². The van der Waals surface area contributed by atoms with Crippen LogP contribution in [0.1, 0.15) is 30.2 Å². The predicted octanol–water partition coefficient (Wildman–Crippen LogP) is 3.38. The number of thiophene rings is 1. The largest absolute Gasteiger partial charge is 0.484 e. The van der Waals surface area contributed by atoms with Crippen molar-refractivity contribution >= 4 is 22.9 Å². The number of hydrogen-bond donors (Lipinski definition) is 1. The van der Waals surface area contributed by atoms with Crippen molar-refractivity contribution < 1.29 is 14.5 Å². The molecule has 0 bridgehead atoms. The minimum atomic E-state index is -0.470. The Morgan fingerprint density at radius 1 is 1.22 bits per heavy atom. The van der Waals surface area contributed by atoms with E-state index in [1.165, 1.54) is 48.4 Å². The number of piperidine rings is 1. The Morgan fingerprint density at radius 3 is 2.59 bits per heavy atom. The van der Waals surface area contributed by atoms with E-state index in [9.17, 15) is 14.9 Å². The van der Waals surface area contributed by atoms with Crippen molar-refractivity contribution in [2.75, 3.05) is 26.2 Å². The number of carbonyl (C=O) groups is 1. The molecule has 0 radical (unpaired) electrons. The molecule has 1 atom stereocenters. The predicted molar refractivity (Wildman–Crippen MR) is 104 cm³/mol. The summed E-state index contributed by atoms with van der Waals surface area (Å²) in [7, 11) is 0. The quantitative estimate of drug-likeness (QED) is 0.553. The third-order valence-corrected chi connectivity index (χ3v) is 5.59. The molecule has 1 aliphatic heterocycles. The summed E-state index contributed by atoms with van der Waals surface area (Å²) in [5.41, 5.74) is -0.00729. The summed E-state index contributed by atoms with van der Waals surface area (Å²) in [4.78, 5) is 26.1. The van der Waals surface area contributed by atoms with Gasteiger partial charge in [0.1, 0.15) is 5.75 Å². The number of amides is 1. The van der Waals surface area contributed by atoms with Crippen LogP contribution in [0.3, 0.4) is 0 Å². The van der Waals surface area contributed by atoms with Crippen LogP contribution in [0.4, 0.5) is 5.69 Å². The van der Waals surface area contributed by atoms with Crippen LogP contribution >= 0.6 is 11.3 Å². The average Bonchev–Trinajstić information content (AvgIpc) is 3.22. The third-order valence-electron chi connectivity index (χ3n) is 4.61. The lowest BCUT2D eigenvalue weighted by Gasteiger charge is -2.34. The minimum Gasteiger partial charge on any atom is -0.484 e. The first-order valence-electron chi connectivity index (χ1n) is 9.05. The summed E-state index contributed by atoms with van der Waals surface area (Å²) < 4.78 is 5.43. The molecule has 1 saturated heterocycles. The van der Waals surface area contributed by atoms with Gasteiger partial charge >= 0.3 is 0 Å². The number of carbonyl (C=O) groups excluding carboxylic acids is 1. The molecule has 0 saturated carbocycles. The Morgan fingerprint density at radius 2 is 1.96 bits per heavy atom. The Hall–Kier alpha value is -2.45. The van der Waals surface area contributed by atoms with Gasteiger partial charge in [0.15, 0.2) is 6.61 Å². The fraction of sp³-hybridized carbons (Fsp3) is 0.421. The second-order valence-corrected chi connectivity index (χ2v) is 7.45. The number of nitro benzene ring substituents is 1. The van der Waals surface area contributed by atoms with Crippen molar-refractivity contribution in [3.63, 3.8) is 0 Å². The molecule has 2 heterocycles. The smallest absolute Gasteiger partial charge is 0.269 e. The Bertz CT molecular complexity index is 743. The highest BCUT2D eigenvalue weighted by Crippen LogP contribution is 2.27. The third kappa shape index (κ3) is 5.51. The number of non-ortho nitro benzene ring substituents is 1. The van der Waals surface area contributed by atoms with Gasteiger partial charge in [-0.05, 0) is 49.5 Å². The van der Waals surface area contributed by atoms with Crippen LogP contribution < -0.4 is 10.1 Å². The van der Waals surface area contributed by atoms with Crippen LogP contribution in [-0.2, 0) is 4.79 Å². The van der Waals surface area contributed by atoms with Gasteiger partial charge in [0, 0.05) is 23.6 Å². The molecule has 0 spiro atoms. The van der Waals surface area contributed by atoms with Gasteiger partial charge in [-0.15, -0.1) is 11.3 Å². The molecular weight excluding hydrogens is 366 g/mol. The molecule has 1 amide bonds. The number of ether oxygens (including phenoxy) is 1. The van der Waals surface area contributed by atoms with Gasteiger partial charge in [-0.3, -0.25) is 19.8 Å². The zero-order valence-corrected chi connectivity index (χ0v) is 15.8. The first-order chi connectivity index (χ1) is 13.1. The van der Waals surface area contributed by atoms with Crippen LogP contribution in [0.25, 0.3) is 0 Å². The zero-order valence-electron chi connectivity index (χ0n) is 15.0. The van der Waals surface area contributed by atoms with Crippen molar-refractivity contribution in [3.8, 4) is 5.75 Å². The summed E-state index contributed by atoms with van der Waals surface area (Å²) in [6.45, 7) is 2.54. The van der Waals surface area contributed by atoms with Gasteiger partial charge in [0.2, 0.25) is 0 Å². The molecular formula is C19H23N3O4S. The molecule has 0 unspecified atom stereocenters. The molecule has 1 N–H and O–H groups in total. The van der Waals surface area contributed by atoms with E-state index in [-0.39, 0.29) is 24.2 Å². The van der Waals surface area contributed by atoms with Crippen LogP contribution in [0, 0.1) is 10.1 Å². The summed E-state index contributed by atoms with van der Waals surface area (Å²) in [6, 6.07) is 10.0. The summed E-state index contributed by atoms with van der Waals surface area (Å²) in [6.07, 6.45) is 3.65. The number of benzene rings is 1. The minimum absolute atomic E-state index is 0.00729. The van der Waals surface area contributed by atoms with E-state index in [1.54, 1.807) is 11.3 Å². The maximum Gasteiger partial charge on any atom is 0.269 e. The standard InChI is InChI=1S/C19H23N3O4S/c23-19(14-26-16-8-6-15(7-9-16)22(24)25)20-13-17(18-5-4-12-27-18)21-10-2-1-3-11-21/h4-9,12,17H,1-3,10-11,13-14H2,(H,20,23)/t17-/m0/s1. The lowest BCUT2D eigenvalue weighted by molar-refractivity contribution is -0.384. The molecule has 1 aliphatic rings. The molecule has 7 nitrogen and oxygen atoms in total. The number of nitrogens with zero attached hydrogens (tertiary/aromatic N) is 2. The van der Waals surface area contributed by atoms with E-state index in [0.717, 1.165) is 13.1 Å². The summed E-state index contributed by atoms with van der Waals surface area (Å²) >= 11 is 1.71. The highest BCUT2D eigenvalue weighted by atomic mass is 32.1. The number of rotatable bonds is 8. The molecule has 2 aromatic rings. The van der Waals surface area contributed by atoms with Crippen molar-refractivity contribution in [3.05, 3.63) is 56.8 Å². The summed E-state index contributed by atoms with van der Waals surface area (Å²) in [5, 5.41) is 15.7. The Labute approximate surface area is 162 Å². The fourth-order valence-corrected chi connectivity index (χ4v) is 4.06. The molecule has 1 aromatic carbocycles. The lowest BCUT2D eigenvalue weighted by atomic mass is 10.1. The van der Waals surface area contributed by atoms with E-state index in [1.807, 2.05) is 6.07 Å². The normalized spacial score (nSPS) is 15.9. The second kappa shape index (κ2) is 9.48. The fourth-order valence-electron chi connectivity index (χ4n) is 3.20. The monoisotopic (exact) mass is 389 g/mol. The average molecular weight is 389 g/mol. The first kappa shape index (κ1) is 19.3. The molecule has 1 fully saturated rings. The van der Waals surface area contributed by atoms with Crippen molar-refractivity contribution in [1.29, 1.82) is 0 Å². The summed E-state index contributed by atoms with van der Waals surface area (Å²) in [5.74, 6) is 0.230. The number of nitrogens with one attached hydrogen (secondary N) is 1. The van der Waals surface area contributed by atoms with E-state index in [0.29, 0.717) is 12.3 Å². The molecule has 8 heteroatoms. The zero-order chi connectivity index (χ0) is 19.1. The van der Waals surface area contributed by atoms with Crippen LogP contribution in [0.15, 0.2) is 41.8 Å². The van der Waals surface area contributed by atoms with Gasteiger partial charge in [-0.25, -0.2) is 0 Å². The van der Waals surface area contributed by atoms with E-state index in [4.69, 9.17) is 4.74 Å². The highest BCUT2D eigenvalue weighted by molar-refractivity contribution is 7.10. The number of nitro groups is 1. The first-order valence-corrected chi connectivity index (χ1v) is 9.93. The maximum absolute atomic E-state index is 12.2. The molecule has 0 aliphatic carbocycles. The molecule has 27 heavy (non-hydrogen) atoms. The topological polar surface area (TPSA) is 84.7 Å². The lowest BCUT2D eigenvalue weighted by Crippen LogP contribution is -2.41. The van der Waals surface area contributed by atoms with Crippen molar-refractivity contribution in [2.24, 2.45) is 0 Å². The Balaban J connectivity index is 1.50. The van der Waals surface area contributed by atoms with Gasteiger partial charge < -0.3 is 10.1 Å². The Kier molecular flexibility index (Phi) is 6.78. The molecule has 3 rings (SSSR count). The van der Waals surface area contributed by atoms with Crippen LogP contribution in [-0.4, -0.2) is 42.0 Å². The van der Waals surface area contributed by atoms with Crippen LogP contribution in [0.5, 0.6) is 5.75 Å². The van der Waals surface area contributed by atoms with Gasteiger partial charge in [0.25, 0.3) is 11.6 Å². The van der Waals surface area contributed by atoms with E-state index < -0.39 is 4.92 Å². The number of likely N-dealkylation sites (tertiary alicyclic amines) is 1. The number of hydrogen-bond acceptors (Lipinski definition) is 6. The maximum atomic E-state index is 12.2. The van der Waals surface area contributed by atoms with E-state index in [2.05, 4.69) is 21.7 Å². The van der Waals surface area contributed by atoms with Crippen molar-refractivity contribution in [1.82, 2.24) is 10.2 Å². The highest BCUT2D eigenvalue weighted by Gasteiger charge is 2.23. The van der Waals surface area contributed by atoms with E-state index >= 15 is 0 Å². The van der Waals surface area contributed by atoms with Crippen molar-refractivity contribution in [2.45, 2.75) is 25.3 Å². The molecule has 144 valence electrons. The van der Waals surface area contributed by atoms with Gasteiger partial charge in [-0.2, -0.15) is 0 Å². The molecule has 1 aromatic heterocycles. The second-order valence-electron chi connectivity index (χ2n) is 6.47. The van der Waals surface area contributed by atoms with Gasteiger partial charge in [-0.1, -0.05) is 12.5 Å². The van der Waals surface area contributed by atoms with Gasteiger partial charge in [0.05, 0.1) is 11.0 Å². The SMILES string of the molecule is O=C(COc1ccc([N+](=O)[O-])cc1)NC[C@@H](c1cccs1)N1CCCCC1.